The molecular formula is C5H10N2O6. The molecule has 0 aromatic carbocycles. The Labute approximate surface area is 72.7 Å². The molecule has 1 atom stereocenters. The Bertz CT molecular complexity index is 251. The minimum absolute atomic E-state index is 0.394. The number of nitrogens with zero attached hydrogens (tertiary/aromatic N) is 2. The first kappa shape index (κ1) is 10.0. The smallest absolute Gasteiger partial charge is 0.342 e. The summed E-state index contributed by atoms with van der Waals surface area (Å²) in [5, 5.41) is 53.5. The fourth-order valence-corrected chi connectivity index (χ4v) is 0.863. The minimum atomic E-state index is -2.98. The quantitative estimate of drug-likeness (QED) is 0.240. The Kier molecular flexibility index (Phi) is 2.10. The van der Waals surface area contributed by atoms with Crippen molar-refractivity contribution in [1.82, 2.24) is 9.96 Å². The summed E-state index contributed by atoms with van der Waals surface area (Å²) >= 11 is 0. The van der Waals surface area contributed by atoms with Gasteiger partial charge in [-0.05, 0) is 7.05 Å². The van der Waals surface area contributed by atoms with Crippen LogP contribution in [-0.2, 0) is 0 Å². The van der Waals surface area contributed by atoms with E-state index in [-0.39, 0.29) is 0 Å². The summed E-state index contributed by atoms with van der Waals surface area (Å²) in [5.41, 5.74) is 0. The van der Waals surface area contributed by atoms with Crippen LogP contribution in [0.3, 0.4) is 0 Å². The van der Waals surface area contributed by atoms with E-state index in [9.17, 15) is 0 Å². The summed E-state index contributed by atoms with van der Waals surface area (Å²) in [6.07, 6.45) is -1.81. The predicted octanol–water partition coefficient (Wildman–Crippen LogP) is -2.18. The first-order chi connectivity index (χ1) is 5.80. The molecule has 1 aliphatic rings. The lowest BCUT2D eigenvalue weighted by molar-refractivity contribution is -0.439. The Morgan fingerprint density at radius 3 is 2.23 bits per heavy atom. The second-order valence-corrected chi connectivity index (χ2v) is 2.61. The second kappa shape index (κ2) is 2.72. The molecule has 1 rings (SSSR count). The van der Waals surface area contributed by atoms with Gasteiger partial charge in [-0.2, -0.15) is 0 Å². The Morgan fingerprint density at radius 1 is 1.31 bits per heavy atom. The van der Waals surface area contributed by atoms with Crippen molar-refractivity contribution in [3.05, 3.63) is 11.6 Å². The molecule has 1 heterocycles. The van der Waals surface area contributed by atoms with Crippen LogP contribution >= 0.6 is 0 Å². The van der Waals surface area contributed by atoms with Crippen LogP contribution in [0.2, 0.25) is 0 Å². The van der Waals surface area contributed by atoms with Crippen LogP contribution in [0, 0.1) is 0 Å². The molecule has 8 heteroatoms. The van der Waals surface area contributed by atoms with E-state index in [0.29, 0.717) is 4.90 Å². The van der Waals surface area contributed by atoms with Gasteiger partial charge in [-0.1, -0.05) is 0 Å². The normalized spacial score (nSPS) is 29.6. The SMILES string of the molecule is CN1C(O)C(O)=C(O)N(O)C1(O)O. The monoisotopic (exact) mass is 194 g/mol. The van der Waals surface area contributed by atoms with E-state index in [4.69, 9.17) is 30.7 Å². The average molecular weight is 194 g/mol. The number of rotatable bonds is 0. The number of hydrogen-bond donors (Lipinski definition) is 6. The fourth-order valence-electron chi connectivity index (χ4n) is 0.863. The van der Waals surface area contributed by atoms with Crippen LogP contribution in [-0.4, -0.2) is 60.0 Å². The molecule has 0 fully saturated rings. The van der Waals surface area contributed by atoms with E-state index in [1.54, 1.807) is 0 Å². The molecule has 1 aliphatic heterocycles. The highest BCUT2D eigenvalue weighted by atomic mass is 16.7. The highest BCUT2D eigenvalue weighted by molar-refractivity contribution is 5.06. The third-order valence-electron chi connectivity index (χ3n) is 1.80. The first-order valence-corrected chi connectivity index (χ1v) is 3.27. The number of hydroxylamine groups is 2. The Balaban J connectivity index is 3.15. The predicted molar refractivity (Wildman–Crippen MR) is 36.8 cm³/mol. The third kappa shape index (κ3) is 1.20. The van der Waals surface area contributed by atoms with Crippen LogP contribution in [0.25, 0.3) is 0 Å². The minimum Gasteiger partial charge on any atom is -0.504 e. The maximum absolute atomic E-state index is 9.07. The maximum atomic E-state index is 9.07. The van der Waals surface area contributed by atoms with Crippen LogP contribution in [0.4, 0.5) is 0 Å². The summed E-state index contributed by atoms with van der Waals surface area (Å²) in [5.74, 6) is -2.21. The number of aliphatic hydroxyl groups excluding tert-OH is 3. The first-order valence-electron chi connectivity index (χ1n) is 3.27. The molecule has 0 aromatic rings. The van der Waals surface area contributed by atoms with Gasteiger partial charge in [-0.15, -0.1) is 5.06 Å². The third-order valence-corrected chi connectivity index (χ3v) is 1.80. The standard InChI is InChI=1S/C5H10N2O6/c1-6-3(9)2(8)4(10)7(13)5(6,11)12/h3,8-13H,1H3. The van der Waals surface area contributed by atoms with Crippen LogP contribution in [0.1, 0.15) is 0 Å². The van der Waals surface area contributed by atoms with Crippen molar-refractivity contribution in [1.29, 1.82) is 0 Å². The van der Waals surface area contributed by atoms with Gasteiger partial charge in [-0.3, -0.25) is 5.21 Å². The van der Waals surface area contributed by atoms with Gasteiger partial charge in [0.1, 0.15) is 0 Å². The largest absolute Gasteiger partial charge is 0.504 e. The van der Waals surface area contributed by atoms with Crippen molar-refractivity contribution in [2.75, 3.05) is 7.05 Å². The van der Waals surface area contributed by atoms with Crippen molar-refractivity contribution in [2.45, 2.75) is 12.3 Å². The van der Waals surface area contributed by atoms with E-state index in [1.807, 2.05) is 0 Å². The topological polar surface area (TPSA) is 128 Å². The van der Waals surface area contributed by atoms with E-state index in [1.165, 1.54) is 0 Å². The van der Waals surface area contributed by atoms with Crippen molar-refractivity contribution >= 4 is 0 Å². The Morgan fingerprint density at radius 2 is 1.77 bits per heavy atom. The lowest BCUT2D eigenvalue weighted by Crippen LogP contribution is -2.64. The molecule has 6 N–H and O–H groups in total. The lowest BCUT2D eigenvalue weighted by atomic mass is 10.3. The van der Waals surface area contributed by atoms with Crippen molar-refractivity contribution in [2.24, 2.45) is 0 Å². The van der Waals surface area contributed by atoms with E-state index in [0.717, 1.165) is 7.05 Å². The molecule has 76 valence electrons. The molecule has 0 amide bonds. The van der Waals surface area contributed by atoms with Crippen molar-refractivity contribution in [3.8, 4) is 0 Å². The Hall–Kier alpha value is -1.06. The van der Waals surface area contributed by atoms with Gasteiger partial charge in [0, 0.05) is 0 Å². The average Bonchev–Trinajstić information content (AvgIpc) is 2.09. The number of likely N-dealkylation sites (N-methyl/N-ethyl adjacent to an activating group) is 1. The fraction of sp³-hybridized carbons (Fsp3) is 0.600. The summed E-state index contributed by atoms with van der Waals surface area (Å²) in [6.45, 7) is 0. The zero-order valence-electron chi connectivity index (χ0n) is 6.66. The summed E-state index contributed by atoms with van der Waals surface area (Å²) in [7, 11) is 1.01. The molecule has 0 radical (unpaired) electrons. The van der Waals surface area contributed by atoms with E-state index < -0.39 is 29.0 Å². The summed E-state index contributed by atoms with van der Waals surface area (Å²) in [4.78, 5) is 0.419. The molecule has 1 unspecified atom stereocenters. The highest BCUT2D eigenvalue weighted by Gasteiger charge is 2.48. The molecule has 0 aliphatic carbocycles. The molecule has 0 saturated carbocycles. The maximum Gasteiger partial charge on any atom is 0.342 e. The zero-order valence-corrected chi connectivity index (χ0v) is 6.66. The van der Waals surface area contributed by atoms with E-state index >= 15 is 0 Å². The van der Waals surface area contributed by atoms with Gasteiger partial charge in [-0.25, -0.2) is 4.90 Å². The summed E-state index contributed by atoms with van der Waals surface area (Å²) in [6, 6.07) is -2.98. The molecule has 0 saturated heterocycles. The van der Waals surface area contributed by atoms with Gasteiger partial charge in [0.15, 0.2) is 12.0 Å². The van der Waals surface area contributed by atoms with Crippen molar-refractivity contribution in [3.63, 3.8) is 0 Å². The van der Waals surface area contributed by atoms with E-state index in [2.05, 4.69) is 0 Å². The second-order valence-electron chi connectivity index (χ2n) is 2.61. The molecule has 0 aromatic heterocycles. The highest BCUT2D eigenvalue weighted by Crippen LogP contribution is 2.26. The van der Waals surface area contributed by atoms with Crippen LogP contribution in [0.5, 0.6) is 0 Å². The van der Waals surface area contributed by atoms with Crippen LogP contribution < -0.4 is 0 Å². The lowest BCUT2D eigenvalue weighted by Gasteiger charge is -2.42. The van der Waals surface area contributed by atoms with Gasteiger partial charge in [0.25, 0.3) is 5.88 Å². The number of hydrogen-bond acceptors (Lipinski definition) is 8. The van der Waals surface area contributed by atoms with Gasteiger partial charge in [0.05, 0.1) is 0 Å². The summed E-state index contributed by atoms with van der Waals surface area (Å²) < 4.78 is 0. The van der Waals surface area contributed by atoms with Crippen molar-refractivity contribution < 1.29 is 30.7 Å². The van der Waals surface area contributed by atoms with Gasteiger partial charge < -0.3 is 25.5 Å². The molecule has 0 bridgehead atoms. The van der Waals surface area contributed by atoms with Gasteiger partial charge in [0.2, 0.25) is 0 Å². The molecule has 0 spiro atoms. The van der Waals surface area contributed by atoms with Gasteiger partial charge >= 0.3 is 6.03 Å². The molecule has 8 nitrogen and oxygen atoms in total. The number of aliphatic hydroxyl groups is 5. The molecular weight excluding hydrogens is 184 g/mol. The van der Waals surface area contributed by atoms with Crippen LogP contribution in [0.15, 0.2) is 11.6 Å². The molecule has 13 heavy (non-hydrogen) atoms. The zero-order chi connectivity index (χ0) is 10.4.